The van der Waals surface area contributed by atoms with Gasteiger partial charge in [-0.3, -0.25) is 4.79 Å². The number of allylic oxidation sites excluding steroid dienone is 3. The fourth-order valence-electron chi connectivity index (χ4n) is 3.39. The summed E-state index contributed by atoms with van der Waals surface area (Å²) in [6, 6.07) is 3.82. The van der Waals surface area contributed by atoms with E-state index in [-0.39, 0.29) is 17.7 Å². The van der Waals surface area contributed by atoms with Crippen LogP contribution < -0.4 is 10.3 Å². The van der Waals surface area contributed by atoms with E-state index in [0.29, 0.717) is 18.6 Å². The minimum Gasteiger partial charge on any atom is -0.463 e. The van der Waals surface area contributed by atoms with Gasteiger partial charge in [0, 0.05) is 41.4 Å². The highest BCUT2D eigenvalue weighted by Gasteiger charge is 2.39. The van der Waals surface area contributed by atoms with E-state index in [0.717, 1.165) is 35.4 Å². The lowest BCUT2D eigenvalue weighted by molar-refractivity contribution is -0.378. The fourth-order valence-corrected chi connectivity index (χ4v) is 3.39. The molecule has 0 fully saturated rings. The van der Waals surface area contributed by atoms with Crippen molar-refractivity contribution < 1.29 is 19.3 Å². The first-order valence-electron chi connectivity index (χ1n) is 8.00. The van der Waals surface area contributed by atoms with Crippen LogP contribution in [-0.4, -0.2) is 18.4 Å². The number of hydrogen-bond donors (Lipinski definition) is 1. The van der Waals surface area contributed by atoms with E-state index in [9.17, 15) is 9.59 Å². The van der Waals surface area contributed by atoms with Crippen molar-refractivity contribution in [2.24, 2.45) is 0 Å². The van der Waals surface area contributed by atoms with Gasteiger partial charge in [0.25, 0.3) is 0 Å². The van der Waals surface area contributed by atoms with E-state index in [1.807, 2.05) is 31.5 Å². The molecule has 0 spiro atoms. The van der Waals surface area contributed by atoms with Gasteiger partial charge in [-0.15, -0.1) is 0 Å². The molecule has 0 bridgehead atoms. The molecule has 1 aromatic heterocycles. The van der Waals surface area contributed by atoms with Crippen molar-refractivity contribution in [3.63, 3.8) is 0 Å². The first-order chi connectivity index (χ1) is 11.1. The second-order valence-electron chi connectivity index (χ2n) is 5.82. The maximum absolute atomic E-state index is 12.6. The second-order valence-corrected chi connectivity index (χ2v) is 5.82. The van der Waals surface area contributed by atoms with Crippen molar-refractivity contribution in [3.05, 3.63) is 52.6 Å². The highest BCUT2D eigenvalue weighted by Crippen LogP contribution is 2.42. The van der Waals surface area contributed by atoms with Gasteiger partial charge in [0.2, 0.25) is 0 Å². The molecule has 0 amide bonds. The second kappa shape index (κ2) is 6.36. The fraction of sp³-hybridized carbons (Fsp3) is 0.389. The Morgan fingerprint density at radius 1 is 1.35 bits per heavy atom. The first-order valence-corrected chi connectivity index (χ1v) is 8.00. The van der Waals surface area contributed by atoms with Crippen LogP contribution in [0.5, 0.6) is 0 Å². The normalized spacial score (nSPS) is 21.0. The standard InChI is InChI=1S/C18H20N2O3/c1-3-23-18(22)15-11(2)20-13-5-4-6-14(21)17(13)16(15)12-7-9-19-10-8-12/h7-10,16,20H,3-6H2,1-2H3/p+1. The molecule has 120 valence electrons. The van der Waals surface area contributed by atoms with Gasteiger partial charge in [-0.1, -0.05) is 0 Å². The summed E-state index contributed by atoms with van der Waals surface area (Å²) in [6.07, 6.45) is 5.84. The molecule has 2 N–H and O–H groups in total. The van der Waals surface area contributed by atoms with Crippen LogP contribution in [0, 0.1) is 0 Å². The van der Waals surface area contributed by atoms with Gasteiger partial charge in [0.15, 0.2) is 18.2 Å². The molecule has 2 heterocycles. The number of Topliss-reactive ketones (excluding diaryl/α,β-unsaturated/α-hetero) is 1. The van der Waals surface area contributed by atoms with E-state index >= 15 is 0 Å². The number of hydrogen-bond acceptors (Lipinski definition) is 4. The van der Waals surface area contributed by atoms with E-state index < -0.39 is 0 Å². The smallest absolute Gasteiger partial charge is 0.336 e. The van der Waals surface area contributed by atoms with Crippen LogP contribution >= 0.6 is 0 Å². The summed E-state index contributed by atoms with van der Waals surface area (Å²) in [6.45, 7) is 3.97. The summed E-state index contributed by atoms with van der Waals surface area (Å²) in [5, 5.41) is 3.27. The maximum Gasteiger partial charge on any atom is 0.336 e. The number of pyridine rings is 1. The van der Waals surface area contributed by atoms with Gasteiger partial charge in [-0.2, -0.15) is 0 Å². The van der Waals surface area contributed by atoms with Gasteiger partial charge in [-0.05, 0) is 32.3 Å². The Morgan fingerprint density at radius 2 is 2.09 bits per heavy atom. The van der Waals surface area contributed by atoms with E-state index in [1.54, 1.807) is 6.92 Å². The lowest BCUT2D eigenvalue weighted by atomic mass is 9.75. The molecule has 0 radical (unpaired) electrons. The SMILES string of the molecule is CCOC(=O)C1=C(C)NC2=C(C(=O)CCC2)C1c1cc[nH+]cc1. The lowest BCUT2D eigenvalue weighted by Gasteiger charge is -2.33. The number of carbonyl (C=O) groups is 2. The third-order valence-corrected chi connectivity index (χ3v) is 4.35. The monoisotopic (exact) mass is 313 g/mol. The van der Waals surface area contributed by atoms with Gasteiger partial charge in [0.1, 0.15) is 0 Å². The number of ketones is 1. The summed E-state index contributed by atoms with van der Waals surface area (Å²) >= 11 is 0. The summed E-state index contributed by atoms with van der Waals surface area (Å²) in [5.74, 6) is -0.598. The van der Waals surface area contributed by atoms with Gasteiger partial charge < -0.3 is 10.1 Å². The molecule has 1 unspecified atom stereocenters. The Kier molecular flexibility index (Phi) is 4.28. The van der Waals surface area contributed by atoms with Crippen molar-refractivity contribution in [3.8, 4) is 0 Å². The van der Waals surface area contributed by atoms with Crippen molar-refractivity contribution in [2.45, 2.75) is 39.0 Å². The highest BCUT2D eigenvalue weighted by atomic mass is 16.5. The number of aromatic nitrogens is 1. The molecule has 5 nitrogen and oxygen atoms in total. The van der Waals surface area contributed by atoms with E-state index in [4.69, 9.17) is 4.74 Å². The molecule has 2 aliphatic rings. The highest BCUT2D eigenvalue weighted by molar-refractivity contribution is 6.03. The van der Waals surface area contributed by atoms with Crippen LogP contribution in [0.3, 0.4) is 0 Å². The predicted octanol–water partition coefficient (Wildman–Crippen LogP) is 2.03. The maximum atomic E-state index is 12.6. The Bertz CT molecular complexity index is 704. The van der Waals surface area contributed by atoms with Gasteiger partial charge in [-0.25, -0.2) is 9.78 Å². The average molecular weight is 313 g/mol. The number of nitrogens with one attached hydrogen (secondary N) is 2. The molecule has 0 aromatic carbocycles. The van der Waals surface area contributed by atoms with Crippen LogP contribution in [0.1, 0.15) is 44.6 Å². The number of ether oxygens (including phenoxy) is 1. The first kappa shape index (κ1) is 15.5. The number of rotatable bonds is 3. The molecular formula is C18H21N2O3+. The molecular weight excluding hydrogens is 292 g/mol. The minimum atomic E-state index is -0.361. The Hall–Kier alpha value is -2.43. The zero-order chi connectivity index (χ0) is 16.4. The average Bonchev–Trinajstić information content (AvgIpc) is 2.54. The van der Waals surface area contributed by atoms with Crippen LogP contribution in [0.25, 0.3) is 0 Å². The number of aromatic amines is 1. The van der Waals surface area contributed by atoms with Crippen LogP contribution in [-0.2, 0) is 14.3 Å². The van der Waals surface area contributed by atoms with Crippen molar-refractivity contribution >= 4 is 11.8 Å². The molecule has 0 saturated heterocycles. The van der Waals surface area contributed by atoms with Crippen LogP contribution in [0.4, 0.5) is 0 Å². The van der Waals surface area contributed by atoms with E-state index in [2.05, 4.69) is 10.3 Å². The minimum absolute atomic E-state index is 0.117. The third kappa shape index (κ3) is 2.79. The van der Waals surface area contributed by atoms with Gasteiger partial charge in [0.05, 0.1) is 12.2 Å². The number of esters is 1. The number of carbonyl (C=O) groups excluding carboxylic acids is 2. The molecule has 1 aliphatic carbocycles. The van der Waals surface area contributed by atoms with Crippen molar-refractivity contribution in [1.29, 1.82) is 0 Å². The third-order valence-electron chi connectivity index (χ3n) is 4.35. The lowest BCUT2D eigenvalue weighted by Crippen LogP contribution is -2.34. The number of dihydropyridines is 1. The van der Waals surface area contributed by atoms with Crippen molar-refractivity contribution in [2.75, 3.05) is 6.61 Å². The Labute approximate surface area is 135 Å². The molecule has 23 heavy (non-hydrogen) atoms. The van der Waals surface area contributed by atoms with Crippen molar-refractivity contribution in [1.82, 2.24) is 5.32 Å². The quantitative estimate of drug-likeness (QED) is 0.867. The zero-order valence-electron chi connectivity index (χ0n) is 13.4. The molecule has 5 heteroatoms. The number of H-pyrrole nitrogens is 1. The topological polar surface area (TPSA) is 69.5 Å². The molecule has 1 aliphatic heterocycles. The summed E-state index contributed by atoms with van der Waals surface area (Å²) < 4.78 is 5.24. The largest absolute Gasteiger partial charge is 0.463 e. The molecule has 1 aromatic rings. The van der Waals surface area contributed by atoms with Gasteiger partial charge >= 0.3 is 5.97 Å². The molecule has 0 saturated carbocycles. The Morgan fingerprint density at radius 3 is 2.78 bits per heavy atom. The van der Waals surface area contributed by atoms with E-state index in [1.165, 1.54) is 0 Å². The summed E-state index contributed by atoms with van der Waals surface area (Å²) in [5.41, 5.74) is 3.90. The molecule has 3 rings (SSSR count). The van der Waals surface area contributed by atoms with Crippen LogP contribution in [0.2, 0.25) is 0 Å². The molecule has 1 atom stereocenters. The summed E-state index contributed by atoms with van der Waals surface area (Å²) in [4.78, 5) is 28.1. The Balaban J connectivity index is 2.15. The zero-order valence-corrected chi connectivity index (χ0v) is 13.4. The summed E-state index contributed by atoms with van der Waals surface area (Å²) in [7, 11) is 0. The van der Waals surface area contributed by atoms with Crippen LogP contribution in [0.15, 0.2) is 47.1 Å². The predicted molar refractivity (Wildman–Crippen MR) is 84.1 cm³/mol.